The third kappa shape index (κ3) is 2.62. The van der Waals surface area contributed by atoms with Crippen molar-refractivity contribution < 1.29 is 4.74 Å². The molecule has 2 rings (SSSR count). The van der Waals surface area contributed by atoms with Crippen LogP contribution in [0, 0.1) is 0 Å². The Balaban J connectivity index is 2.18. The highest BCUT2D eigenvalue weighted by Crippen LogP contribution is 2.26. The van der Waals surface area contributed by atoms with Crippen molar-refractivity contribution in [3.63, 3.8) is 0 Å². The molecule has 1 aliphatic heterocycles. The fourth-order valence-corrected chi connectivity index (χ4v) is 2.01. The van der Waals surface area contributed by atoms with E-state index in [-0.39, 0.29) is 6.10 Å². The van der Waals surface area contributed by atoms with Crippen LogP contribution in [0.1, 0.15) is 6.92 Å². The zero-order valence-electron chi connectivity index (χ0n) is 8.41. The van der Waals surface area contributed by atoms with E-state index >= 15 is 0 Å². The van der Waals surface area contributed by atoms with Crippen molar-refractivity contribution in [3.8, 4) is 0 Å². The molecule has 0 saturated carbocycles. The largest absolute Gasteiger partial charge is 0.375 e. The lowest BCUT2D eigenvalue weighted by molar-refractivity contribution is 0.0532. The molecule has 1 fully saturated rings. The summed E-state index contributed by atoms with van der Waals surface area (Å²) in [7, 11) is 0. The highest BCUT2D eigenvalue weighted by molar-refractivity contribution is 9.10. The molecule has 0 spiro atoms. The Labute approximate surface area is 103 Å². The summed E-state index contributed by atoms with van der Waals surface area (Å²) in [5.41, 5.74) is 1.05. The van der Waals surface area contributed by atoms with Crippen molar-refractivity contribution in [2.45, 2.75) is 13.0 Å². The molecule has 0 radical (unpaired) electrons. The topological polar surface area (TPSA) is 25.4 Å². The highest BCUT2D eigenvalue weighted by atomic mass is 79.9. The fraction of sp³-hybridized carbons (Fsp3) is 0.500. The van der Waals surface area contributed by atoms with Crippen LogP contribution in [-0.4, -0.2) is 30.8 Å². The van der Waals surface area contributed by atoms with Gasteiger partial charge in [-0.3, -0.25) is 0 Å². The van der Waals surface area contributed by atoms with Gasteiger partial charge < -0.3 is 9.64 Å². The van der Waals surface area contributed by atoms with Gasteiger partial charge in [-0.05, 0) is 28.9 Å². The van der Waals surface area contributed by atoms with Gasteiger partial charge in [-0.2, -0.15) is 0 Å². The molecule has 1 aliphatic rings. The van der Waals surface area contributed by atoms with E-state index in [1.165, 1.54) is 0 Å². The third-order valence-corrected chi connectivity index (χ3v) is 3.54. The van der Waals surface area contributed by atoms with Crippen LogP contribution in [0.5, 0.6) is 0 Å². The number of anilines is 1. The summed E-state index contributed by atoms with van der Waals surface area (Å²) in [5, 5.41) is 0.645. The molecular formula is C10H12BrClN2O. The number of hydrogen-bond donors (Lipinski definition) is 0. The van der Waals surface area contributed by atoms with Crippen LogP contribution in [0.25, 0.3) is 0 Å². The molecule has 2 heterocycles. The molecule has 3 nitrogen and oxygen atoms in total. The Morgan fingerprint density at radius 1 is 1.67 bits per heavy atom. The number of rotatable bonds is 1. The Morgan fingerprint density at radius 3 is 3.13 bits per heavy atom. The molecule has 1 aromatic heterocycles. The van der Waals surface area contributed by atoms with Crippen LogP contribution in [-0.2, 0) is 4.74 Å². The maximum atomic E-state index is 6.00. The normalized spacial score (nSPS) is 21.8. The van der Waals surface area contributed by atoms with Crippen molar-refractivity contribution in [2.75, 3.05) is 24.6 Å². The minimum atomic E-state index is 0.265. The molecule has 5 heteroatoms. The molecule has 0 amide bonds. The first kappa shape index (κ1) is 11.2. The van der Waals surface area contributed by atoms with Gasteiger partial charge in [0.2, 0.25) is 0 Å². The zero-order valence-corrected chi connectivity index (χ0v) is 10.8. The maximum absolute atomic E-state index is 6.00. The van der Waals surface area contributed by atoms with Gasteiger partial charge in [0.25, 0.3) is 0 Å². The predicted molar refractivity (Wildman–Crippen MR) is 64.6 cm³/mol. The summed E-state index contributed by atoms with van der Waals surface area (Å²) in [4.78, 5) is 6.42. The Bertz CT molecular complexity index is 361. The van der Waals surface area contributed by atoms with Gasteiger partial charge in [-0.15, -0.1) is 0 Å². The van der Waals surface area contributed by atoms with Gasteiger partial charge in [-0.1, -0.05) is 11.6 Å². The van der Waals surface area contributed by atoms with Crippen LogP contribution in [0.3, 0.4) is 0 Å². The number of nitrogens with zero attached hydrogens (tertiary/aromatic N) is 2. The summed E-state index contributed by atoms with van der Waals surface area (Å²) >= 11 is 9.28. The lowest BCUT2D eigenvalue weighted by Gasteiger charge is -2.32. The standard InChI is InChI=1S/C10H12BrClN2O/c1-7-6-14(2-3-15-7)8-4-9(12)10(11)13-5-8/h4-5,7H,2-3,6H2,1H3/t7-/m0/s1. The van der Waals surface area contributed by atoms with E-state index in [2.05, 4.69) is 32.7 Å². The Morgan fingerprint density at radius 2 is 2.47 bits per heavy atom. The predicted octanol–water partition coefficient (Wildman–Crippen LogP) is 2.72. The van der Waals surface area contributed by atoms with Crippen LogP contribution < -0.4 is 4.90 Å². The van der Waals surface area contributed by atoms with E-state index in [9.17, 15) is 0 Å². The molecule has 15 heavy (non-hydrogen) atoms. The second-order valence-electron chi connectivity index (χ2n) is 3.59. The number of aromatic nitrogens is 1. The first-order valence-corrected chi connectivity index (χ1v) is 6.01. The molecular weight excluding hydrogens is 279 g/mol. The van der Waals surface area contributed by atoms with Gasteiger partial charge in [0.1, 0.15) is 4.60 Å². The molecule has 1 atom stereocenters. The minimum Gasteiger partial charge on any atom is -0.375 e. The van der Waals surface area contributed by atoms with Crippen molar-refractivity contribution in [2.24, 2.45) is 0 Å². The number of pyridine rings is 1. The Hall–Kier alpha value is -0.320. The average molecular weight is 292 g/mol. The molecule has 1 saturated heterocycles. The second-order valence-corrected chi connectivity index (χ2v) is 4.75. The van der Waals surface area contributed by atoms with Crippen LogP contribution in [0.2, 0.25) is 5.02 Å². The molecule has 82 valence electrons. The number of hydrogen-bond acceptors (Lipinski definition) is 3. The molecule has 0 unspecified atom stereocenters. The van der Waals surface area contributed by atoms with Crippen molar-refractivity contribution in [3.05, 3.63) is 21.9 Å². The van der Waals surface area contributed by atoms with E-state index in [4.69, 9.17) is 16.3 Å². The monoisotopic (exact) mass is 290 g/mol. The lowest BCUT2D eigenvalue weighted by Crippen LogP contribution is -2.41. The van der Waals surface area contributed by atoms with E-state index in [1.54, 1.807) is 0 Å². The van der Waals surface area contributed by atoms with E-state index in [0.29, 0.717) is 9.63 Å². The molecule has 0 aliphatic carbocycles. The molecule has 0 N–H and O–H groups in total. The van der Waals surface area contributed by atoms with Crippen LogP contribution >= 0.6 is 27.5 Å². The van der Waals surface area contributed by atoms with Crippen molar-refractivity contribution >= 4 is 33.2 Å². The second kappa shape index (κ2) is 4.68. The summed E-state index contributed by atoms with van der Waals surface area (Å²) in [5.74, 6) is 0. The van der Waals surface area contributed by atoms with E-state index in [0.717, 1.165) is 25.4 Å². The summed E-state index contributed by atoms with van der Waals surface area (Å²) < 4.78 is 6.17. The zero-order chi connectivity index (χ0) is 10.8. The smallest absolute Gasteiger partial charge is 0.124 e. The van der Waals surface area contributed by atoms with Gasteiger partial charge in [0.15, 0.2) is 0 Å². The quantitative estimate of drug-likeness (QED) is 0.744. The van der Waals surface area contributed by atoms with Gasteiger partial charge in [-0.25, -0.2) is 4.98 Å². The first-order valence-electron chi connectivity index (χ1n) is 4.84. The average Bonchev–Trinajstić information content (AvgIpc) is 2.22. The first-order chi connectivity index (χ1) is 7.16. The number of morpholine rings is 1. The van der Waals surface area contributed by atoms with Gasteiger partial charge >= 0.3 is 0 Å². The summed E-state index contributed by atoms with van der Waals surface area (Å²) in [6.45, 7) is 4.61. The number of ether oxygens (including phenoxy) is 1. The SMILES string of the molecule is C[C@H]1CN(c2cnc(Br)c(Cl)c2)CCO1. The van der Waals surface area contributed by atoms with Crippen molar-refractivity contribution in [1.82, 2.24) is 4.98 Å². The summed E-state index contributed by atoms with van der Waals surface area (Å²) in [6.07, 6.45) is 2.09. The number of halogens is 2. The van der Waals surface area contributed by atoms with Crippen LogP contribution in [0.15, 0.2) is 16.9 Å². The van der Waals surface area contributed by atoms with Gasteiger partial charge in [0, 0.05) is 13.1 Å². The van der Waals surface area contributed by atoms with Crippen LogP contribution in [0.4, 0.5) is 5.69 Å². The highest BCUT2D eigenvalue weighted by Gasteiger charge is 2.17. The third-order valence-electron chi connectivity index (χ3n) is 2.39. The molecule has 1 aromatic rings. The minimum absolute atomic E-state index is 0.265. The molecule has 0 bridgehead atoms. The summed E-state index contributed by atoms with van der Waals surface area (Å²) in [6, 6.07) is 1.93. The maximum Gasteiger partial charge on any atom is 0.124 e. The molecule has 0 aromatic carbocycles. The van der Waals surface area contributed by atoms with Crippen molar-refractivity contribution in [1.29, 1.82) is 0 Å². The van der Waals surface area contributed by atoms with E-state index < -0.39 is 0 Å². The Kier molecular flexibility index (Phi) is 3.49. The van der Waals surface area contributed by atoms with E-state index in [1.807, 2.05) is 12.3 Å². The van der Waals surface area contributed by atoms with Gasteiger partial charge in [0.05, 0.1) is 29.6 Å². The fourth-order valence-electron chi connectivity index (χ4n) is 1.64. The lowest BCUT2D eigenvalue weighted by atomic mass is 10.2.